The van der Waals surface area contributed by atoms with Gasteiger partial charge in [0.15, 0.2) is 11.5 Å². The summed E-state index contributed by atoms with van der Waals surface area (Å²) < 4.78 is 11.0. The van der Waals surface area contributed by atoms with Crippen molar-refractivity contribution in [1.29, 1.82) is 0 Å². The summed E-state index contributed by atoms with van der Waals surface area (Å²) in [7, 11) is 3.64. The summed E-state index contributed by atoms with van der Waals surface area (Å²) in [5, 5.41) is 4.70. The van der Waals surface area contributed by atoms with Gasteiger partial charge in [0.25, 0.3) is 5.56 Å². The van der Waals surface area contributed by atoms with Gasteiger partial charge in [-0.25, -0.2) is 4.98 Å². The van der Waals surface area contributed by atoms with Crippen LogP contribution in [0.15, 0.2) is 45.9 Å². The normalized spacial score (nSPS) is 11.3. The Hall–Kier alpha value is -2.68. The summed E-state index contributed by atoms with van der Waals surface area (Å²) in [6, 6.07) is 9.95. The lowest BCUT2D eigenvalue weighted by Gasteiger charge is -2.17. The fourth-order valence-electron chi connectivity index (χ4n) is 3.39. The number of aromatic nitrogens is 2. The molecule has 0 saturated heterocycles. The maximum Gasteiger partial charge on any atom is 0.260 e. The van der Waals surface area contributed by atoms with E-state index in [1.54, 1.807) is 18.4 Å². The van der Waals surface area contributed by atoms with Crippen LogP contribution in [0.1, 0.15) is 18.3 Å². The monoisotopic (exact) mass is 441 g/mol. The summed E-state index contributed by atoms with van der Waals surface area (Å²) in [6.45, 7) is 3.76. The molecule has 1 aromatic carbocycles. The molecule has 0 spiro atoms. The van der Waals surface area contributed by atoms with Gasteiger partial charge in [-0.05, 0) is 43.1 Å². The number of aromatic amines is 1. The Morgan fingerprint density at radius 3 is 2.77 bits per heavy atom. The van der Waals surface area contributed by atoms with Crippen LogP contribution in [0.5, 0.6) is 11.5 Å². The zero-order valence-corrected chi connectivity index (χ0v) is 18.7. The zero-order chi connectivity index (χ0) is 21.1. The molecule has 3 heterocycles. The van der Waals surface area contributed by atoms with Crippen LogP contribution in [0.3, 0.4) is 0 Å². The van der Waals surface area contributed by atoms with Crippen LogP contribution in [-0.2, 0) is 13.1 Å². The Kier molecular flexibility index (Phi) is 6.17. The first kappa shape index (κ1) is 20.6. The highest BCUT2D eigenvalue weighted by Gasteiger charge is 2.15. The largest absolute Gasteiger partial charge is 0.493 e. The summed E-state index contributed by atoms with van der Waals surface area (Å²) in [6.07, 6.45) is 0. The van der Waals surface area contributed by atoms with Crippen LogP contribution in [0.4, 0.5) is 0 Å². The Bertz CT molecular complexity index is 1200. The van der Waals surface area contributed by atoms with Crippen molar-refractivity contribution in [3.63, 3.8) is 0 Å². The van der Waals surface area contributed by atoms with E-state index < -0.39 is 0 Å². The fraction of sp³-hybridized carbons (Fsp3) is 0.273. The van der Waals surface area contributed by atoms with Gasteiger partial charge in [0, 0.05) is 22.4 Å². The van der Waals surface area contributed by atoms with Gasteiger partial charge in [0.1, 0.15) is 10.7 Å². The van der Waals surface area contributed by atoms with Gasteiger partial charge in [-0.3, -0.25) is 9.69 Å². The van der Waals surface area contributed by atoms with Gasteiger partial charge in [-0.15, -0.1) is 22.7 Å². The molecule has 0 radical (unpaired) electrons. The molecule has 0 aliphatic rings. The van der Waals surface area contributed by atoms with Crippen molar-refractivity contribution in [3.8, 4) is 21.9 Å². The standard InChI is InChI=1S/C22H23N3O3S2/c1-4-28-16-8-7-14(10-17(16)27-3)11-25(2)12-19-23-21(26)20-15(13-30-22(20)24-19)18-6-5-9-29-18/h5-10,13H,4,11-12H2,1-3H3,(H,23,24,26). The van der Waals surface area contributed by atoms with E-state index in [2.05, 4.69) is 9.88 Å². The molecule has 1 N–H and O–H groups in total. The number of methoxy groups -OCH3 is 1. The second-order valence-corrected chi connectivity index (χ2v) is 8.72. The number of H-pyrrole nitrogens is 1. The molecule has 156 valence electrons. The van der Waals surface area contributed by atoms with Crippen molar-refractivity contribution < 1.29 is 9.47 Å². The van der Waals surface area contributed by atoms with Crippen molar-refractivity contribution >= 4 is 32.9 Å². The molecule has 4 aromatic rings. The minimum absolute atomic E-state index is 0.0872. The number of nitrogens with zero attached hydrogens (tertiary/aromatic N) is 2. The number of ether oxygens (including phenoxy) is 2. The Morgan fingerprint density at radius 2 is 2.03 bits per heavy atom. The highest BCUT2D eigenvalue weighted by molar-refractivity contribution is 7.18. The number of hydrogen-bond acceptors (Lipinski definition) is 7. The molecular weight excluding hydrogens is 418 g/mol. The Labute approximate surface area is 182 Å². The molecule has 4 rings (SSSR count). The van der Waals surface area contributed by atoms with Gasteiger partial charge in [-0.1, -0.05) is 12.1 Å². The number of benzene rings is 1. The predicted molar refractivity (Wildman–Crippen MR) is 123 cm³/mol. The molecule has 0 saturated carbocycles. The lowest BCUT2D eigenvalue weighted by atomic mass is 10.2. The van der Waals surface area contributed by atoms with Crippen molar-refractivity contribution in [2.24, 2.45) is 0 Å². The molecule has 0 fully saturated rings. The lowest BCUT2D eigenvalue weighted by Crippen LogP contribution is -2.21. The molecule has 3 aromatic heterocycles. The third-order valence-corrected chi connectivity index (χ3v) is 6.46. The van der Waals surface area contributed by atoms with Crippen LogP contribution < -0.4 is 15.0 Å². The second-order valence-electron chi connectivity index (χ2n) is 6.91. The quantitative estimate of drug-likeness (QED) is 0.427. The molecule has 0 unspecified atom stereocenters. The van der Waals surface area contributed by atoms with Crippen molar-refractivity contribution in [3.05, 3.63) is 62.8 Å². The maximum absolute atomic E-state index is 12.8. The predicted octanol–water partition coefficient (Wildman–Crippen LogP) is 4.75. The zero-order valence-electron chi connectivity index (χ0n) is 17.1. The first-order chi connectivity index (χ1) is 14.6. The maximum atomic E-state index is 12.8. The van der Waals surface area contributed by atoms with E-state index in [9.17, 15) is 4.79 Å². The molecular formula is C22H23N3O3S2. The topological polar surface area (TPSA) is 67.5 Å². The van der Waals surface area contributed by atoms with E-state index in [-0.39, 0.29) is 5.56 Å². The Morgan fingerprint density at radius 1 is 1.17 bits per heavy atom. The second kappa shape index (κ2) is 8.99. The summed E-state index contributed by atoms with van der Waals surface area (Å²) in [4.78, 5) is 24.4. The van der Waals surface area contributed by atoms with E-state index in [0.717, 1.165) is 32.3 Å². The highest BCUT2D eigenvalue weighted by atomic mass is 32.1. The minimum atomic E-state index is -0.0872. The SMILES string of the molecule is CCOc1ccc(CN(C)Cc2nc3scc(-c4cccs4)c3c(=O)[nH]2)cc1OC. The number of nitrogens with one attached hydrogen (secondary N) is 1. The molecule has 0 aliphatic carbocycles. The number of hydrogen-bond donors (Lipinski definition) is 1. The number of rotatable bonds is 8. The first-order valence-corrected chi connectivity index (χ1v) is 11.4. The summed E-state index contributed by atoms with van der Waals surface area (Å²) >= 11 is 3.14. The molecule has 6 nitrogen and oxygen atoms in total. The summed E-state index contributed by atoms with van der Waals surface area (Å²) in [5.41, 5.74) is 1.97. The smallest absolute Gasteiger partial charge is 0.260 e. The van der Waals surface area contributed by atoms with Crippen LogP contribution in [-0.4, -0.2) is 35.6 Å². The first-order valence-electron chi connectivity index (χ1n) is 9.61. The van der Waals surface area contributed by atoms with Crippen LogP contribution in [0, 0.1) is 0 Å². The highest BCUT2D eigenvalue weighted by Crippen LogP contribution is 2.33. The van der Waals surface area contributed by atoms with Crippen LogP contribution >= 0.6 is 22.7 Å². The van der Waals surface area contributed by atoms with Gasteiger partial charge < -0.3 is 14.5 Å². The van der Waals surface area contributed by atoms with Gasteiger partial charge in [0.2, 0.25) is 0 Å². The average molecular weight is 442 g/mol. The molecule has 8 heteroatoms. The van der Waals surface area contributed by atoms with E-state index in [0.29, 0.717) is 30.9 Å². The average Bonchev–Trinajstić information content (AvgIpc) is 3.39. The minimum Gasteiger partial charge on any atom is -0.493 e. The van der Waals surface area contributed by atoms with Gasteiger partial charge in [0.05, 0.1) is 25.6 Å². The van der Waals surface area contributed by atoms with Crippen LogP contribution in [0.2, 0.25) is 0 Å². The lowest BCUT2D eigenvalue weighted by molar-refractivity contribution is 0.302. The number of thiophene rings is 2. The van der Waals surface area contributed by atoms with E-state index in [4.69, 9.17) is 14.5 Å². The van der Waals surface area contributed by atoms with E-state index in [1.165, 1.54) is 11.3 Å². The van der Waals surface area contributed by atoms with Crippen LogP contribution in [0.25, 0.3) is 20.7 Å². The molecule has 0 amide bonds. The molecule has 0 bridgehead atoms. The number of fused-ring (bicyclic) bond motifs is 1. The van der Waals surface area contributed by atoms with E-state index in [1.807, 2.05) is 55.1 Å². The Balaban J connectivity index is 1.52. The third-order valence-electron chi connectivity index (χ3n) is 4.68. The molecule has 0 aliphatic heterocycles. The van der Waals surface area contributed by atoms with Crippen molar-refractivity contribution in [2.45, 2.75) is 20.0 Å². The fourth-order valence-corrected chi connectivity index (χ4v) is 5.17. The van der Waals surface area contributed by atoms with Crippen molar-refractivity contribution in [1.82, 2.24) is 14.9 Å². The van der Waals surface area contributed by atoms with Crippen molar-refractivity contribution in [2.75, 3.05) is 20.8 Å². The third kappa shape index (κ3) is 4.26. The van der Waals surface area contributed by atoms with E-state index >= 15 is 0 Å². The molecule has 30 heavy (non-hydrogen) atoms. The van der Waals surface area contributed by atoms with Gasteiger partial charge >= 0.3 is 0 Å². The summed E-state index contributed by atoms with van der Waals surface area (Å²) in [5.74, 6) is 2.12. The van der Waals surface area contributed by atoms with Gasteiger partial charge in [-0.2, -0.15) is 0 Å². The molecule has 0 atom stereocenters.